The van der Waals surface area contributed by atoms with Crippen LogP contribution < -0.4 is 11.1 Å². The van der Waals surface area contributed by atoms with Gasteiger partial charge in [0, 0.05) is 20.2 Å². The van der Waals surface area contributed by atoms with E-state index in [2.05, 4.69) is 17.1 Å². The van der Waals surface area contributed by atoms with E-state index in [1.54, 1.807) is 7.11 Å². The third-order valence-electron chi connectivity index (χ3n) is 4.27. The predicted molar refractivity (Wildman–Crippen MR) is 81.6 cm³/mol. The van der Waals surface area contributed by atoms with Gasteiger partial charge in [0.15, 0.2) is 0 Å². The third kappa shape index (κ3) is 5.38. The molecule has 1 heterocycles. The first-order chi connectivity index (χ1) is 9.51. The molecule has 118 valence electrons. The molecule has 0 radical (unpaired) electrons. The molecule has 0 aliphatic carbocycles. The van der Waals surface area contributed by atoms with Crippen molar-refractivity contribution in [1.82, 2.24) is 10.2 Å². The maximum atomic E-state index is 11.6. The third-order valence-corrected chi connectivity index (χ3v) is 4.27. The van der Waals surface area contributed by atoms with Gasteiger partial charge in [0.25, 0.3) is 0 Å². The first-order valence-electron chi connectivity index (χ1n) is 7.82. The largest absolute Gasteiger partial charge is 0.380 e. The number of ether oxygens (including phenoxy) is 1. The molecule has 5 nitrogen and oxygen atoms in total. The molecule has 0 aromatic heterocycles. The zero-order chi connectivity index (χ0) is 15.0. The Bertz CT molecular complexity index is 299. The predicted octanol–water partition coefficient (Wildman–Crippen LogP) is 1.12. The van der Waals surface area contributed by atoms with E-state index < -0.39 is 5.54 Å². The van der Waals surface area contributed by atoms with Crippen LogP contribution in [-0.4, -0.2) is 55.7 Å². The second kappa shape index (κ2) is 8.60. The molecule has 1 aliphatic rings. The first kappa shape index (κ1) is 17.4. The highest BCUT2D eigenvalue weighted by molar-refractivity contribution is 5.84. The van der Waals surface area contributed by atoms with Gasteiger partial charge in [-0.1, -0.05) is 6.92 Å². The highest BCUT2D eigenvalue weighted by Gasteiger charge is 2.29. The summed E-state index contributed by atoms with van der Waals surface area (Å²) in [7, 11) is 1.78. The van der Waals surface area contributed by atoms with E-state index in [1.807, 2.05) is 6.92 Å². The molecule has 20 heavy (non-hydrogen) atoms. The number of hydrogen-bond donors (Lipinski definition) is 2. The molecule has 0 aromatic rings. The molecule has 0 saturated carbocycles. The molecule has 0 spiro atoms. The van der Waals surface area contributed by atoms with Gasteiger partial charge >= 0.3 is 0 Å². The van der Waals surface area contributed by atoms with E-state index in [-0.39, 0.29) is 5.91 Å². The van der Waals surface area contributed by atoms with Crippen LogP contribution in [0.5, 0.6) is 0 Å². The molecule has 3 N–H and O–H groups in total. The average molecular weight is 285 g/mol. The Morgan fingerprint density at radius 1 is 1.50 bits per heavy atom. The molecule has 2 unspecified atom stereocenters. The van der Waals surface area contributed by atoms with Crippen LogP contribution in [0, 0.1) is 0 Å². The fraction of sp³-hybridized carbons (Fsp3) is 0.933. The summed E-state index contributed by atoms with van der Waals surface area (Å²) in [5, 5.41) is 3.28. The van der Waals surface area contributed by atoms with E-state index in [4.69, 9.17) is 10.5 Å². The van der Waals surface area contributed by atoms with Crippen molar-refractivity contribution in [3.8, 4) is 0 Å². The first-order valence-corrected chi connectivity index (χ1v) is 7.82. The van der Waals surface area contributed by atoms with Crippen LogP contribution in [0.15, 0.2) is 0 Å². The summed E-state index contributed by atoms with van der Waals surface area (Å²) in [6.45, 7) is 8.09. The summed E-state index contributed by atoms with van der Waals surface area (Å²) in [6, 6.07) is 0. The number of nitrogens with zero attached hydrogens (tertiary/aromatic N) is 1. The van der Waals surface area contributed by atoms with Gasteiger partial charge < -0.3 is 20.7 Å². The van der Waals surface area contributed by atoms with E-state index in [0.717, 1.165) is 58.3 Å². The molecule has 1 rings (SSSR count). The minimum atomic E-state index is -0.559. The molecule has 0 aromatic carbocycles. The highest BCUT2D eigenvalue weighted by atomic mass is 16.5. The van der Waals surface area contributed by atoms with E-state index in [1.165, 1.54) is 0 Å². The van der Waals surface area contributed by atoms with Gasteiger partial charge in [-0.3, -0.25) is 4.79 Å². The summed E-state index contributed by atoms with van der Waals surface area (Å²) in [5.74, 6) is -0.244. The molecule has 1 amide bonds. The number of carbonyl (C=O) groups excluding carboxylic acids is 1. The maximum absolute atomic E-state index is 11.6. The van der Waals surface area contributed by atoms with Crippen molar-refractivity contribution in [2.75, 3.05) is 33.3 Å². The zero-order valence-corrected chi connectivity index (χ0v) is 13.3. The normalized spacial score (nSPS) is 22.9. The van der Waals surface area contributed by atoms with Crippen LogP contribution in [0.2, 0.25) is 0 Å². The summed E-state index contributed by atoms with van der Waals surface area (Å²) in [5.41, 5.74) is 4.96. The van der Waals surface area contributed by atoms with Crippen LogP contribution in [0.4, 0.5) is 0 Å². The molecular formula is C15H31N3O2. The average Bonchev–Trinajstić information content (AvgIpc) is 2.89. The van der Waals surface area contributed by atoms with Gasteiger partial charge in [-0.15, -0.1) is 0 Å². The van der Waals surface area contributed by atoms with Gasteiger partial charge in [-0.05, 0) is 52.1 Å². The topological polar surface area (TPSA) is 67.6 Å². The monoisotopic (exact) mass is 285 g/mol. The Morgan fingerprint density at radius 2 is 2.25 bits per heavy atom. The number of hydrogen-bond acceptors (Lipinski definition) is 4. The minimum Gasteiger partial charge on any atom is -0.380 e. The molecule has 0 bridgehead atoms. The minimum absolute atomic E-state index is 0.244. The van der Waals surface area contributed by atoms with Crippen LogP contribution in [0.25, 0.3) is 0 Å². The number of nitrogens with two attached hydrogens (primary N) is 1. The molecular weight excluding hydrogens is 254 g/mol. The van der Waals surface area contributed by atoms with Crippen molar-refractivity contribution in [2.24, 2.45) is 5.73 Å². The lowest BCUT2D eigenvalue weighted by Gasteiger charge is -2.27. The van der Waals surface area contributed by atoms with Crippen molar-refractivity contribution >= 4 is 5.91 Å². The number of unbranched alkanes of at least 4 members (excludes halogenated alkanes) is 1. The van der Waals surface area contributed by atoms with Crippen molar-refractivity contribution in [1.29, 1.82) is 0 Å². The SMILES string of the molecule is CCCNC(C)(CCCCN1CCC(OC)C1)C(N)=O. The fourth-order valence-electron chi connectivity index (χ4n) is 2.71. The fourth-order valence-corrected chi connectivity index (χ4v) is 2.71. The van der Waals surface area contributed by atoms with Crippen LogP contribution in [0.3, 0.4) is 0 Å². The second-order valence-corrected chi connectivity index (χ2v) is 6.03. The number of methoxy groups -OCH3 is 1. The standard InChI is InChI=1S/C15H31N3O2/c1-4-9-17-15(2,14(16)19)8-5-6-10-18-11-7-13(12-18)20-3/h13,17H,4-12H2,1-3H3,(H2,16,19). The summed E-state index contributed by atoms with van der Waals surface area (Å²) < 4.78 is 5.36. The number of nitrogens with one attached hydrogen (secondary N) is 1. The summed E-state index contributed by atoms with van der Waals surface area (Å²) >= 11 is 0. The van der Waals surface area contributed by atoms with Gasteiger partial charge in [0.1, 0.15) is 0 Å². The molecule has 2 atom stereocenters. The second-order valence-electron chi connectivity index (χ2n) is 6.03. The quantitative estimate of drug-likeness (QED) is 0.590. The Hall–Kier alpha value is -0.650. The van der Waals surface area contributed by atoms with Gasteiger partial charge in [0.05, 0.1) is 11.6 Å². The lowest BCUT2D eigenvalue weighted by molar-refractivity contribution is -0.124. The lowest BCUT2D eigenvalue weighted by Crippen LogP contribution is -2.53. The Balaban J connectivity index is 2.22. The Kier molecular flexibility index (Phi) is 7.48. The highest BCUT2D eigenvalue weighted by Crippen LogP contribution is 2.16. The number of amides is 1. The Morgan fingerprint density at radius 3 is 2.80 bits per heavy atom. The number of rotatable bonds is 10. The molecule has 1 saturated heterocycles. The van der Waals surface area contributed by atoms with E-state index in [9.17, 15) is 4.79 Å². The molecule has 1 aliphatic heterocycles. The van der Waals surface area contributed by atoms with Crippen molar-refractivity contribution in [3.63, 3.8) is 0 Å². The van der Waals surface area contributed by atoms with Crippen LogP contribution >= 0.6 is 0 Å². The van der Waals surface area contributed by atoms with Crippen molar-refractivity contribution < 1.29 is 9.53 Å². The zero-order valence-electron chi connectivity index (χ0n) is 13.3. The Labute approximate surface area is 123 Å². The van der Waals surface area contributed by atoms with Crippen LogP contribution in [0.1, 0.15) is 46.0 Å². The van der Waals surface area contributed by atoms with Gasteiger partial charge in [-0.25, -0.2) is 0 Å². The van der Waals surface area contributed by atoms with Crippen LogP contribution in [-0.2, 0) is 9.53 Å². The van der Waals surface area contributed by atoms with Gasteiger partial charge in [-0.2, -0.15) is 0 Å². The van der Waals surface area contributed by atoms with Gasteiger partial charge in [0.2, 0.25) is 5.91 Å². The summed E-state index contributed by atoms with van der Waals surface area (Å²) in [4.78, 5) is 14.0. The summed E-state index contributed by atoms with van der Waals surface area (Å²) in [6.07, 6.45) is 5.47. The number of likely N-dealkylation sites (tertiary alicyclic amines) is 1. The lowest BCUT2D eigenvalue weighted by atomic mass is 9.93. The van der Waals surface area contributed by atoms with E-state index >= 15 is 0 Å². The van der Waals surface area contributed by atoms with E-state index in [0.29, 0.717) is 6.10 Å². The van der Waals surface area contributed by atoms with Crippen molar-refractivity contribution in [2.45, 2.75) is 57.6 Å². The smallest absolute Gasteiger partial charge is 0.237 e. The maximum Gasteiger partial charge on any atom is 0.237 e. The number of primary amides is 1. The number of carbonyl (C=O) groups is 1. The van der Waals surface area contributed by atoms with Crippen molar-refractivity contribution in [3.05, 3.63) is 0 Å². The molecule has 1 fully saturated rings. The molecule has 5 heteroatoms.